The van der Waals surface area contributed by atoms with Crippen molar-refractivity contribution in [2.24, 2.45) is 0 Å². The molecule has 1 atom stereocenters. The van der Waals surface area contributed by atoms with Gasteiger partial charge in [0.1, 0.15) is 6.29 Å². The molecule has 0 aliphatic carbocycles. The van der Waals surface area contributed by atoms with E-state index >= 15 is 0 Å². The maximum Gasteiger partial charge on any atom is 0.141 e. The Hall–Kier alpha value is -1.35. The zero-order chi connectivity index (χ0) is 14.8. The molecule has 21 heavy (non-hydrogen) atoms. The number of nitrogens with zero attached hydrogens (tertiary/aromatic N) is 1. The van der Waals surface area contributed by atoms with Crippen LogP contribution < -0.4 is 0 Å². The van der Waals surface area contributed by atoms with Crippen LogP contribution in [0.5, 0.6) is 0 Å². The third-order valence-electron chi connectivity index (χ3n) is 3.95. The van der Waals surface area contributed by atoms with Gasteiger partial charge in [0.15, 0.2) is 0 Å². The van der Waals surface area contributed by atoms with Crippen molar-refractivity contribution in [2.75, 3.05) is 6.54 Å². The van der Waals surface area contributed by atoms with Crippen molar-refractivity contribution in [3.05, 3.63) is 69.2 Å². The maximum atomic E-state index is 11.6. The lowest BCUT2D eigenvalue weighted by atomic mass is 9.93. The monoisotopic (exact) mass is 319 g/mol. The first-order chi connectivity index (χ1) is 10.2. The molecule has 2 nitrogen and oxygen atoms in total. The van der Waals surface area contributed by atoms with Crippen LogP contribution in [0.15, 0.2) is 42.5 Å². The molecule has 0 radical (unpaired) electrons. The van der Waals surface area contributed by atoms with E-state index in [0.29, 0.717) is 16.6 Å². The van der Waals surface area contributed by atoms with Crippen molar-refractivity contribution in [1.29, 1.82) is 0 Å². The molecule has 1 aliphatic rings. The summed E-state index contributed by atoms with van der Waals surface area (Å²) < 4.78 is 0. The maximum absolute atomic E-state index is 11.6. The molecule has 2 aromatic carbocycles. The highest BCUT2D eigenvalue weighted by Crippen LogP contribution is 2.31. The summed E-state index contributed by atoms with van der Waals surface area (Å²) in [6.45, 7) is 1.49. The number of fused-ring (bicyclic) bond motifs is 1. The van der Waals surface area contributed by atoms with E-state index in [0.717, 1.165) is 30.4 Å². The summed E-state index contributed by atoms with van der Waals surface area (Å²) in [6.07, 6.45) is 1.97. The fourth-order valence-corrected chi connectivity index (χ4v) is 3.32. The molecule has 2 aromatic rings. The first-order valence-electron chi connectivity index (χ1n) is 6.90. The number of carbonyl (C=O) groups is 1. The lowest BCUT2D eigenvalue weighted by Crippen LogP contribution is -2.35. The standard InChI is InChI=1S/C17H15Cl2NO/c18-14-6-5-13(16(19)9-14)10-20-8-7-12-3-1-2-4-15(12)17(20)11-21/h1-6,9,11,17H,7-8,10H2. The summed E-state index contributed by atoms with van der Waals surface area (Å²) in [4.78, 5) is 13.7. The van der Waals surface area contributed by atoms with Crippen LogP contribution in [-0.2, 0) is 17.8 Å². The minimum Gasteiger partial charge on any atom is -0.301 e. The lowest BCUT2D eigenvalue weighted by Gasteiger charge is -2.34. The summed E-state index contributed by atoms with van der Waals surface area (Å²) in [5, 5.41) is 1.27. The Labute approximate surface area is 134 Å². The molecule has 1 heterocycles. The predicted molar refractivity (Wildman–Crippen MR) is 85.8 cm³/mol. The van der Waals surface area contributed by atoms with Crippen LogP contribution in [-0.4, -0.2) is 17.7 Å². The van der Waals surface area contributed by atoms with Crippen molar-refractivity contribution < 1.29 is 4.79 Å². The van der Waals surface area contributed by atoms with Gasteiger partial charge in [-0.05, 0) is 35.2 Å². The summed E-state index contributed by atoms with van der Waals surface area (Å²) in [5.74, 6) is 0. The fraction of sp³-hybridized carbons (Fsp3) is 0.235. The first-order valence-corrected chi connectivity index (χ1v) is 7.65. The highest BCUT2D eigenvalue weighted by molar-refractivity contribution is 6.35. The number of hydrogen-bond donors (Lipinski definition) is 0. The third-order valence-corrected chi connectivity index (χ3v) is 4.54. The minimum absolute atomic E-state index is 0.207. The van der Waals surface area contributed by atoms with E-state index in [4.69, 9.17) is 23.2 Å². The van der Waals surface area contributed by atoms with Gasteiger partial charge in [0.05, 0.1) is 6.04 Å². The van der Waals surface area contributed by atoms with E-state index < -0.39 is 0 Å². The molecule has 3 rings (SSSR count). The minimum atomic E-state index is -0.207. The zero-order valence-electron chi connectivity index (χ0n) is 11.4. The topological polar surface area (TPSA) is 20.3 Å². The lowest BCUT2D eigenvalue weighted by molar-refractivity contribution is -0.113. The Kier molecular flexibility index (Phi) is 4.29. The molecular weight excluding hydrogens is 305 g/mol. The number of benzene rings is 2. The van der Waals surface area contributed by atoms with Gasteiger partial charge in [0.25, 0.3) is 0 Å². The average Bonchev–Trinajstić information content (AvgIpc) is 2.49. The molecule has 0 amide bonds. The molecule has 1 aliphatic heterocycles. The Morgan fingerprint density at radius 3 is 2.76 bits per heavy atom. The molecule has 4 heteroatoms. The molecule has 0 N–H and O–H groups in total. The summed E-state index contributed by atoms with van der Waals surface area (Å²) in [7, 11) is 0. The van der Waals surface area contributed by atoms with Crippen LogP contribution in [0, 0.1) is 0 Å². The van der Waals surface area contributed by atoms with Crippen LogP contribution in [0.25, 0.3) is 0 Å². The van der Waals surface area contributed by atoms with Gasteiger partial charge in [-0.1, -0.05) is 53.5 Å². The van der Waals surface area contributed by atoms with Gasteiger partial charge in [-0.15, -0.1) is 0 Å². The van der Waals surface area contributed by atoms with Gasteiger partial charge < -0.3 is 4.79 Å². The molecule has 0 fully saturated rings. The van der Waals surface area contributed by atoms with Crippen molar-refractivity contribution in [3.63, 3.8) is 0 Å². The van der Waals surface area contributed by atoms with E-state index in [9.17, 15) is 4.79 Å². The van der Waals surface area contributed by atoms with Crippen LogP contribution >= 0.6 is 23.2 Å². The molecule has 0 spiro atoms. The number of rotatable bonds is 3. The molecule has 0 saturated heterocycles. The van der Waals surface area contributed by atoms with E-state index in [1.807, 2.05) is 30.3 Å². The van der Waals surface area contributed by atoms with Crippen molar-refractivity contribution in [2.45, 2.75) is 19.0 Å². The number of hydrogen-bond acceptors (Lipinski definition) is 2. The smallest absolute Gasteiger partial charge is 0.141 e. The molecule has 1 unspecified atom stereocenters. The zero-order valence-corrected chi connectivity index (χ0v) is 12.9. The summed E-state index contributed by atoms with van der Waals surface area (Å²) in [5.41, 5.74) is 3.35. The molecule has 0 saturated carbocycles. The average molecular weight is 320 g/mol. The van der Waals surface area contributed by atoms with Crippen molar-refractivity contribution in [1.82, 2.24) is 4.90 Å². The van der Waals surface area contributed by atoms with Gasteiger partial charge in [0.2, 0.25) is 0 Å². The number of aldehydes is 1. The largest absolute Gasteiger partial charge is 0.301 e. The highest BCUT2D eigenvalue weighted by Gasteiger charge is 2.27. The molecule has 0 bridgehead atoms. The van der Waals surface area contributed by atoms with Gasteiger partial charge >= 0.3 is 0 Å². The van der Waals surface area contributed by atoms with Crippen molar-refractivity contribution >= 4 is 29.5 Å². The number of carbonyl (C=O) groups excluding carboxylic acids is 1. The third kappa shape index (κ3) is 2.98. The Morgan fingerprint density at radius 2 is 2.00 bits per heavy atom. The summed E-state index contributed by atoms with van der Waals surface area (Å²) in [6, 6.07) is 13.4. The van der Waals surface area contributed by atoms with Crippen molar-refractivity contribution in [3.8, 4) is 0 Å². The van der Waals surface area contributed by atoms with Gasteiger partial charge in [-0.2, -0.15) is 0 Å². The SMILES string of the molecule is O=CC1c2ccccc2CCN1Cc1ccc(Cl)cc1Cl. The van der Waals surface area contributed by atoms with Gasteiger partial charge in [-0.25, -0.2) is 0 Å². The van der Waals surface area contributed by atoms with Gasteiger partial charge in [0, 0.05) is 23.1 Å². The van der Waals surface area contributed by atoms with E-state index in [1.54, 1.807) is 6.07 Å². The van der Waals surface area contributed by atoms with E-state index in [1.165, 1.54) is 5.56 Å². The Balaban J connectivity index is 1.88. The van der Waals surface area contributed by atoms with E-state index in [2.05, 4.69) is 11.0 Å². The second-order valence-electron chi connectivity index (χ2n) is 5.24. The normalized spacial score (nSPS) is 18.3. The quantitative estimate of drug-likeness (QED) is 0.786. The molecule has 108 valence electrons. The number of halogens is 2. The second kappa shape index (κ2) is 6.18. The van der Waals surface area contributed by atoms with E-state index in [-0.39, 0.29) is 6.04 Å². The second-order valence-corrected chi connectivity index (χ2v) is 6.08. The molecule has 0 aromatic heterocycles. The highest BCUT2D eigenvalue weighted by atomic mass is 35.5. The predicted octanol–water partition coefficient (Wildman–Crippen LogP) is 4.29. The molecular formula is C17H15Cl2NO. The first kappa shape index (κ1) is 14.6. The fourth-order valence-electron chi connectivity index (χ4n) is 2.86. The summed E-state index contributed by atoms with van der Waals surface area (Å²) >= 11 is 12.2. The Morgan fingerprint density at radius 1 is 1.19 bits per heavy atom. The van der Waals surface area contributed by atoms with Crippen LogP contribution in [0.2, 0.25) is 10.0 Å². The van der Waals surface area contributed by atoms with Crippen LogP contribution in [0.3, 0.4) is 0 Å². The van der Waals surface area contributed by atoms with Gasteiger partial charge in [-0.3, -0.25) is 4.90 Å². The Bertz CT molecular complexity index is 672. The van der Waals surface area contributed by atoms with Crippen LogP contribution in [0.1, 0.15) is 22.7 Å². The van der Waals surface area contributed by atoms with Crippen LogP contribution in [0.4, 0.5) is 0 Å².